The third-order valence-electron chi connectivity index (χ3n) is 1.10. The molecule has 0 aromatic heterocycles. The summed E-state index contributed by atoms with van der Waals surface area (Å²) in [5.41, 5.74) is -0.275. The van der Waals surface area contributed by atoms with Gasteiger partial charge in [0, 0.05) is 11.3 Å². The Labute approximate surface area is 67.1 Å². The SMILES string of the molecule is CC(C)(C)C(=O)/C=C/CCl. The Kier molecular flexibility index (Phi) is 3.66. The molecule has 10 heavy (non-hydrogen) atoms. The minimum absolute atomic E-state index is 0.119. The van der Waals surface area contributed by atoms with E-state index in [-0.39, 0.29) is 11.2 Å². The highest BCUT2D eigenvalue weighted by molar-refractivity contribution is 6.19. The van der Waals surface area contributed by atoms with Crippen molar-refractivity contribution in [3.8, 4) is 0 Å². The van der Waals surface area contributed by atoms with Gasteiger partial charge in [0.1, 0.15) is 0 Å². The van der Waals surface area contributed by atoms with Crippen LogP contribution in [0.15, 0.2) is 12.2 Å². The van der Waals surface area contributed by atoms with Gasteiger partial charge in [-0.15, -0.1) is 11.6 Å². The molecule has 0 unspecified atom stereocenters. The molecular weight excluding hydrogens is 148 g/mol. The third kappa shape index (κ3) is 3.67. The highest BCUT2D eigenvalue weighted by Crippen LogP contribution is 2.14. The number of carbonyl (C=O) groups is 1. The van der Waals surface area contributed by atoms with Gasteiger partial charge in [0.05, 0.1) is 0 Å². The van der Waals surface area contributed by atoms with Crippen LogP contribution in [0.3, 0.4) is 0 Å². The number of carbonyl (C=O) groups excluding carboxylic acids is 1. The second kappa shape index (κ2) is 3.77. The lowest BCUT2D eigenvalue weighted by Crippen LogP contribution is -2.17. The van der Waals surface area contributed by atoms with Gasteiger partial charge in [0.2, 0.25) is 0 Å². The average Bonchev–Trinajstić information content (AvgIpc) is 1.80. The summed E-state index contributed by atoms with van der Waals surface area (Å²) in [6, 6.07) is 0. The Morgan fingerprint density at radius 1 is 1.50 bits per heavy atom. The van der Waals surface area contributed by atoms with E-state index in [1.54, 1.807) is 6.08 Å². The molecule has 1 nitrogen and oxygen atoms in total. The zero-order chi connectivity index (χ0) is 8.20. The number of halogens is 1. The minimum atomic E-state index is -0.275. The van der Waals surface area contributed by atoms with Crippen LogP contribution in [-0.4, -0.2) is 11.7 Å². The number of hydrogen-bond donors (Lipinski definition) is 0. The van der Waals surface area contributed by atoms with E-state index < -0.39 is 0 Å². The van der Waals surface area contributed by atoms with Gasteiger partial charge < -0.3 is 0 Å². The van der Waals surface area contributed by atoms with E-state index in [9.17, 15) is 4.79 Å². The van der Waals surface area contributed by atoms with Crippen molar-refractivity contribution in [2.75, 3.05) is 5.88 Å². The predicted molar refractivity (Wildman–Crippen MR) is 44.3 cm³/mol. The summed E-state index contributed by atoms with van der Waals surface area (Å²) in [6.45, 7) is 5.65. The summed E-state index contributed by atoms with van der Waals surface area (Å²) in [7, 11) is 0. The van der Waals surface area contributed by atoms with E-state index in [1.165, 1.54) is 6.08 Å². The minimum Gasteiger partial charge on any atom is -0.294 e. The van der Waals surface area contributed by atoms with Crippen molar-refractivity contribution >= 4 is 17.4 Å². The molecule has 0 rings (SSSR count). The molecule has 0 saturated carbocycles. The van der Waals surface area contributed by atoms with E-state index in [4.69, 9.17) is 11.6 Å². The first kappa shape index (κ1) is 9.70. The van der Waals surface area contributed by atoms with Gasteiger partial charge in [-0.05, 0) is 6.08 Å². The maximum absolute atomic E-state index is 11.1. The van der Waals surface area contributed by atoms with E-state index in [0.717, 1.165) is 0 Å². The highest BCUT2D eigenvalue weighted by Gasteiger charge is 2.17. The van der Waals surface area contributed by atoms with Gasteiger partial charge in [0.15, 0.2) is 5.78 Å². The summed E-state index contributed by atoms with van der Waals surface area (Å²) >= 11 is 5.36. The lowest BCUT2D eigenvalue weighted by Gasteiger charge is -2.12. The van der Waals surface area contributed by atoms with Gasteiger partial charge in [-0.25, -0.2) is 0 Å². The number of hydrogen-bond acceptors (Lipinski definition) is 1. The van der Waals surface area contributed by atoms with E-state index in [1.807, 2.05) is 20.8 Å². The van der Waals surface area contributed by atoms with E-state index in [0.29, 0.717) is 5.88 Å². The standard InChI is InChI=1S/C8H13ClO/c1-8(2,3)7(10)5-4-6-9/h4-5H,6H2,1-3H3/b5-4+. The number of allylic oxidation sites excluding steroid dienone is 2. The number of ketones is 1. The highest BCUT2D eigenvalue weighted by atomic mass is 35.5. The summed E-state index contributed by atoms with van der Waals surface area (Å²) in [4.78, 5) is 11.1. The van der Waals surface area contributed by atoms with Crippen LogP contribution in [0.2, 0.25) is 0 Å². The molecule has 2 heteroatoms. The van der Waals surface area contributed by atoms with Crippen LogP contribution in [0.25, 0.3) is 0 Å². The first-order chi connectivity index (χ1) is 4.48. The molecule has 0 N–H and O–H groups in total. The van der Waals surface area contributed by atoms with E-state index >= 15 is 0 Å². The second-order valence-corrected chi connectivity index (χ2v) is 3.48. The summed E-state index contributed by atoms with van der Waals surface area (Å²) < 4.78 is 0. The lowest BCUT2D eigenvalue weighted by atomic mass is 9.91. The molecule has 0 heterocycles. The Bertz CT molecular complexity index is 142. The summed E-state index contributed by atoms with van der Waals surface area (Å²) in [5.74, 6) is 0.523. The number of rotatable bonds is 2. The zero-order valence-corrected chi connectivity index (χ0v) is 7.40. The van der Waals surface area contributed by atoms with Gasteiger partial charge in [-0.3, -0.25) is 4.79 Å². The molecule has 0 atom stereocenters. The Balaban J connectivity index is 3.98. The molecule has 0 aliphatic rings. The first-order valence-corrected chi connectivity index (χ1v) is 3.79. The summed E-state index contributed by atoms with van der Waals surface area (Å²) in [6.07, 6.45) is 3.20. The lowest BCUT2D eigenvalue weighted by molar-refractivity contribution is -0.121. The van der Waals surface area contributed by atoms with Crippen molar-refractivity contribution < 1.29 is 4.79 Å². The topological polar surface area (TPSA) is 17.1 Å². The van der Waals surface area contributed by atoms with Crippen LogP contribution >= 0.6 is 11.6 Å². The molecular formula is C8H13ClO. The van der Waals surface area contributed by atoms with Gasteiger partial charge in [0.25, 0.3) is 0 Å². The van der Waals surface area contributed by atoms with Crippen molar-refractivity contribution in [1.82, 2.24) is 0 Å². The molecule has 0 aliphatic carbocycles. The second-order valence-electron chi connectivity index (χ2n) is 3.17. The Morgan fingerprint density at radius 2 is 2.00 bits per heavy atom. The maximum Gasteiger partial charge on any atom is 0.160 e. The van der Waals surface area contributed by atoms with Gasteiger partial charge in [-0.1, -0.05) is 26.8 Å². The molecule has 0 aliphatic heterocycles. The molecule has 0 aromatic carbocycles. The molecule has 0 spiro atoms. The fourth-order valence-electron chi connectivity index (χ4n) is 0.402. The van der Waals surface area contributed by atoms with Crippen molar-refractivity contribution in [1.29, 1.82) is 0 Å². The third-order valence-corrected chi connectivity index (χ3v) is 1.28. The van der Waals surface area contributed by atoms with Crippen molar-refractivity contribution in [2.24, 2.45) is 5.41 Å². The normalized spacial score (nSPS) is 12.4. The zero-order valence-electron chi connectivity index (χ0n) is 6.65. The molecule has 0 radical (unpaired) electrons. The smallest absolute Gasteiger partial charge is 0.160 e. The van der Waals surface area contributed by atoms with Crippen LogP contribution in [0.4, 0.5) is 0 Å². The van der Waals surface area contributed by atoms with Gasteiger partial charge in [-0.2, -0.15) is 0 Å². The molecule has 58 valence electrons. The van der Waals surface area contributed by atoms with Crippen LogP contribution in [0.5, 0.6) is 0 Å². The Hall–Kier alpha value is -0.300. The van der Waals surface area contributed by atoms with Crippen LogP contribution in [-0.2, 0) is 4.79 Å². The number of alkyl halides is 1. The first-order valence-electron chi connectivity index (χ1n) is 3.25. The Morgan fingerprint density at radius 3 is 2.30 bits per heavy atom. The van der Waals surface area contributed by atoms with E-state index in [2.05, 4.69) is 0 Å². The molecule has 0 bridgehead atoms. The maximum atomic E-state index is 11.1. The predicted octanol–water partition coefficient (Wildman–Crippen LogP) is 2.40. The van der Waals surface area contributed by atoms with Crippen LogP contribution in [0, 0.1) is 5.41 Å². The largest absolute Gasteiger partial charge is 0.294 e. The van der Waals surface area contributed by atoms with Gasteiger partial charge >= 0.3 is 0 Å². The molecule has 0 aromatic rings. The fraction of sp³-hybridized carbons (Fsp3) is 0.625. The van der Waals surface area contributed by atoms with Crippen molar-refractivity contribution in [3.05, 3.63) is 12.2 Å². The average molecular weight is 161 g/mol. The van der Waals surface area contributed by atoms with Crippen molar-refractivity contribution in [2.45, 2.75) is 20.8 Å². The van der Waals surface area contributed by atoms with Crippen LogP contribution < -0.4 is 0 Å². The molecule has 0 fully saturated rings. The fourth-order valence-corrected chi connectivity index (χ4v) is 0.491. The molecule has 0 amide bonds. The quantitative estimate of drug-likeness (QED) is 0.448. The molecule has 0 saturated heterocycles. The monoisotopic (exact) mass is 160 g/mol. The van der Waals surface area contributed by atoms with Crippen molar-refractivity contribution in [3.63, 3.8) is 0 Å². The summed E-state index contributed by atoms with van der Waals surface area (Å²) in [5, 5.41) is 0. The van der Waals surface area contributed by atoms with Crippen LogP contribution in [0.1, 0.15) is 20.8 Å².